The quantitative estimate of drug-likeness (QED) is 0.435. The maximum Gasteiger partial charge on any atom is 0.332 e. The summed E-state index contributed by atoms with van der Waals surface area (Å²) in [5, 5.41) is 13.7. The first-order chi connectivity index (χ1) is 15.2. The highest BCUT2D eigenvalue weighted by Crippen LogP contribution is 2.35. The molecule has 0 saturated carbocycles. The Morgan fingerprint density at radius 3 is 2.69 bits per heavy atom. The SMILES string of the molecule is Cn1c(=O)c2cc(NC(=O)CN3C(=O)COc4ccc([N+](=O)[O-])cc43)cnc2n(C)c1=O. The Kier molecular flexibility index (Phi) is 4.92. The number of carbonyl (C=O) groups excluding carboxylic acids is 2. The second-order valence-electron chi connectivity index (χ2n) is 7.03. The van der Waals surface area contributed by atoms with Crippen molar-refractivity contribution in [3.8, 4) is 5.75 Å². The van der Waals surface area contributed by atoms with Gasteiger partial charge in [0.15, 0.2) is 6.61 Å². The van der Waals surface area contributed by atoms with Crippen LogP contribution in [-0.2, 0) is 23.7 Å². The number of amides is 2. The average Bonchev–Trinajstić information content (AvgIpc) is 2.77. The van der Waals surface area contributed by atoms with Gasteiger partial charge in [0.2, 0.25) is 5.91 Å². The van der Waals surface area contributed by atoms with Gasteiger partial charge in [-0.15, -0.1) is 0 Å². The maximum absolute atomic E-state index is 12.6. The van der Waals surface area contributed by atoms with Crippen LogP contribution in [0.2, 0.25) is 0 Å². The highest BCUT2D eigenvalue weighted by Gasteiger charge is 2.29. The zero-order chi connectivity index (χ0) is 23.2. The standard InChI is InChI=1S/C19H16N6O7/c1-22-17-12(18(28)23(2)19(22)29)5-10(7-20-17)21-15(26)8-24-13-6-11(25(30)31)3-4-14(13)32-9-16(24)27/h3-7H,8-9H2,1-2H3,(H,21,26). The summed E-state index contributed by atoms with van der Waals surface area (Å²) in [6.45, 7) is -0.765. The van der Waals surface area contributed by atoms with Gasteiger partial charge in [0, 0.05) is 26.2 Å². The van der Waals surface area contributed by atoms with E-state index in [-0.39, 0.29) is 40.5 Å². The molecule has 0 saturated heterocycles. The largest absolute Gasteiger partial charge is 0.482 e. The van der Waals surface area contributed by atoms with Crippen LogP contribution in [0.4, 0.5) is 17.1 Å². The second kappa shape index (κ2) is 7.61. The van der Waals surface area contributed by atoms with Gasteiger partial charge in [0.25, 0.3) is 17.2 Å². The Labute approximate surface area is 178 Å². The molecule has 3 aromatic rings. The predicted molar refractivity (Wildman–Crippen MR) is 112 cm³/mol. The minimum absolute atomic E-state index is 0.103. The molecule has 2 amide bonds. The van der Waals surface area contributed by atoms with E-state index >= 15 is 0 Å². The van der Waals surface area contributed by atoms with Gasteiger partial charge in [-0.2, -0.15) is 0 Å². The Balaban J connectivity index is 1.62. The zero-order valence-electron chi connectivity index (χ0n) is 16.9. The van der Waals surface area contributed by atoms with Crippen LogP contribution in [0, 0.1) is 10.1 Å². The van der Waals surface area contributed by atoms with Crippen molar-refractivity contribution in [3.63, 3.8) is 0 Å². The molecule has 2 aromatic heterocycles. The van der Waals surface area contributed by atoms with Crippen molar-refractivity contribution in [2.45, 2.75) is 0 Å². The number of non-ortho nitro benzene ring substituents is 1. The van der Waals surface area contributed by atoms with Crippen LogP contribution in [0.1, 0.15) is 0 Å². The lowest BCUT2D eigenvalue weighted by atomic mass is 10.2. The van der Waals surface area contributed by atoms with Crippen LogP contribution in [0.3, 0.4) is 0 Å². The number of aromatic nitrogens is 3. The lowest BCUT2D eigenvalue weighted by Gasteiger charge is -2.28. The van der Waals surface area contributed by atoms with Gasteiger partial charge < -0.3 is 10.1 Å². The number of nitrogens with zero attached hydrogens (tertiary/aromatic N) is 5. The van der Waals surface area contributed by atoms with Crippen LogP contribution in [0.25, 0.3) is 11.0 Å². The number of benzene rings is 1. The summed E-state index contributed by atoms with van der Waals surface area (Å²) in [4.78, 5) is 65.0. The predicted octanol–water partition coefficient (Wildman–Crippen LogP) is -0.0955. The molecule has 0 bridgehead atoms. The summed E-state index contributed by atoms with van der Waals surface area (Å²) in [5.74, 6) is -0.936. The van der Waals surface area contributed by atoms with E-state index in [1.54, 1.807) is 0 Å². The monoisotopic (exact) mass is 440 g/mol. The number of nitro benzene ring substituents is 1. The molecule has 13 nitrogen and oxygen atoms in total. The Bertz CT molecular complexity index is 1420. The summed E-state index contributed by atoms with van der Waals surface area (Å²) in [6.07, 6.45) is 1.28. The van der Waals surface area contributed by atoms with Crippen molar-refractivity contribution in [3.05, 3.63) is 61.4 Å². The number of fused-ring (bicyclic) bond motifs is 2. The number of nitro groups is 1. The van der Waals surface area contributed by atoms with E-state index < -0.39 is 34.5 Å². The van der Waals surface area contributed by atoms with Gasteiger partial charge in [-0.1, -0.05) is 0 Å². The minimum atomic E-state index is -0.625. The van der Waals surface area contributed by atoms with Gasteiger partial charge in [-0.3, -0.25) is 38.5 Å². The van der Waals surface area contributed by atoms with Crippen LogP contribution in [-0.4, -0.2) is 44.0 Å². The van der Waals surface area contributed by atoms with Gasteiger partial charge in [-0.25, -0.2) is 9.78 Å². The van der Waals surface area contributed by atoms with E-state index in [0.29, 0.717) is 0 Å². The molecule has 1 aromatic carbocycles. The number of hydrogen-bond acceptors (Lipinski definition) is 8. The minimum Gasteiger partial charge on any atom is -0.482 e. The number of ether oxygens (including phenoxy) is 1. The molecule has 0 unspecified atom stereocenters. The fourth-order valence-corrected chi connectivity index (χ4v) is 3.36. The number of aryl methyl sites for hydroxylation is 1. The van der Waals surface area contributed by atoms with E-state index in [1.165, 1.54) is 43.1 Å². The number of carbonyl (C=O) groups is 2. The Morgan fingerprint density at radius 1 is 1.22 bits per heavy atom. The highest BCUT2D eigenvalue weighted by atomic mass is 16.6. The molecular formula is C19H16N6O7. The first kappa shape index (κ1) is 20.7. The molecule has 32 heavy (non-hydrogen) atoms. The molecule has 4 rings (SSSR count). The number of rotatable bonds is 4. The molecular weight excluding hydrogens is 424 g/mol. The van der Waals surface area contributed by atoms with Crippen molar-refractivity contribution >= 4 is 39.9 Å². The molecule has 0 spiro atoms. The van der Waals surface area contributed by atoms with E-state index in [9.17, 15) is 29.3 Å². The fraction of sp³-hybridized carbons (Fsp3) is 0.211. The van der Waals surface area contributed by atoms with Gasteiger partial charge >= 0.3 is 5.69 Å². The second-order valence-corrected chi connectivity index (χ2v) is 7.03. The third-order valence-corrected chi connectivity index (χ3v) is 4.98. The molecule has 1 aliphatic heterocycles. The Morgan fingerprint density at radius 2 is 1.97 bits per heavy atom. The molecule has 164 valence electrons. The summed E-state index contributed by atoms with van der Waals surface area (Å²) in [6, 6.07) is 5.13. The van der Waals surface area contributed by atoms with Gasteiger partial charge in [-0.05, 0) is 12.1 Å². The Hall–Kier alpha value is -4.55. The van der Waals surface area contributed by atoms with Crippen molar-refractivity contribution in [2.24, 2.45) is 14.1 Å². The smallest absolute Gasteiger partial charge is 0.332 e. The van der Waals surface area contributed by atoms with Gasteiger partial charge in [0.05, 0.1) is 27.9 Å². The van der Waals surface area contributed by atoms with Crippen molar-refractivity contribution in [1.29, 1.82) is 0 Å². The summed E-state index contributed by atoms with van der Waals surface area (Å²) in [7, 11) is 2.80. The van der Waals surface area contributed by atoms with E-state index in [4.69, 9.17) is 4.74 Å². The van der Waals surface area contributed by atoms with E-state index in [0.717, 1.165) is 15.5 Å². The molecule has 13 heteroatoms. The molecule has 0 radical (unpaired) electrons. The molecule has 0 atom stereocenters. The molecule has 1 N–H and O–H groups in total. The van der Waals surface area contributed by atoms with Crippen LogP contribution < -0.4 is 26.2 Å². The lowest BCUT2D eigenvalue weighted by Crippen LogP contribution is -2.43. The molecule has 1 aliphatic rings. The topological polar surface area (TPSA) is 159 Å². The average molecular weight is 440 g/mol. The third kappa shape index (κ3) is 3.45. The number of nitrogens with one attached hydrogen (secondary N) is 1. The van der Waals surface area contributed by atoms with Crippen LogP contribution in [0.15, 0.2) is 40.1 Å². The van der Waals surface area contributed by atoms with E-state index in [2.05, 4.69) is 10.3 Å². The summed E-state index contributed by atoms with van der Waals surface area (Å²) >= 11 is 0. The highest BCUT2D eigenvalue weighted by molar-refractivity contribution is 6.05. The third-order valence-electron chi connectivity index (χ3n) is 4.98. The number of anilines is 2. The molecule has 0 fully saturated rings. The van der Waals surface area contributed by atoms with Gasteiger partial charge in [0.1, 0.15) is 17.9 Å². The van der Waals surface area contributed by atoms with Crippen LogP contribution >= 0.6 is 0 Å². The zero-order valence-corrected chi connectivity index (χ0v) is 16.9. The first-order valence-electron chi connectivity index (χ1n) is 9.24. The van der Waals surface area contributed by atoms with Crippen molar-refractivity contribution in [1.82, 2.24) is 14.1 Å². The van der Waals surface area contributed by atoms with Crippen LogP contribution in [0.5, 0.6) is 5.75 Å². The lowest BCUT2D eigenvalue weighted by molar-refractivity contribution is -0.384. The number of pyridine rings is 1. The fourth-order valence-electron chi connectivity index (χ4n) is 3.36. The summed E-state index contributed by atoms with van der Waals surface area (Å²) in [5.41, 5.74) is -0.931. The summed E-state index contributed by atoms with van der Waals surface area (Å²) < 4.78 is 7.40. The van der Waals surface area contributed by atoms with Crippen molar-refractivity contribution in [2.75, 3.05) is 23.4 Å². The maximum atomic E-state index is 12.6. The molecule has 3 heterocycles. The number of hydrogen-bond donors (Lipinski definition) is 1. The normalized spacial score (nSPS) is 12.9. The van der Waals surface area contributed by atoms with E-state index in [1.807, 2.05) is 0 Å². The first-order valence-corrected chi connectivity index (χ1v) is 9.24. The molecule has 0 aliphatic carbocycles. The van der Waals surface area contributed by atoms with Crippen molar-refractivity contribution < 1.29 is 19.2 Å².